The molecule has 1 heterocycles. The lowest BCUT2D eigenvalue weighted by Gasteiger charge is -2.21. The first-order chi connectivity index (χ1) is 8.09. The number of hydrogen-bond donors (Lipinski definition) is 2. The quantitative estimate of drug-likeness (QED) is 0.837. The van der Waals surface area contributed by atoms with Crippen molar-refractivity contribution in [1.29, 1.82) is 0 Å². The normalized spacial score (nSPS) is 24.5. The average Bonchev–Trinajstić information content (AvgIpc) is 2.75. The van der Waals surface area contributed by atoms with Crippen LogP contribution in [-0.2, 0) is 6.42 Å². The minimum Gasteiger partial charge on any atom is -0.389 e. The van der Waals surface area contributed by atoms with Crippen LogP contribution in [0, 0.1) is 0 Å². The molecule has 0 radical (unpaired) electrons. The molecule has 94 valence electrons. The molecule has 1 aromatic rings. The summed E-state index contributed by atoms with van der Waals surface area (Å²) in [5.41, 5.74) is 2.24. The summed E-state index contributed by atoms with van der Waals surface area (Å²) >= 11 is 0. The Bertz CT molecular complexity index is 350. The number of hydrogen-bond acceptors (Lipinski definition) is 2. The molecule has 2 N–H and O–H groups in total. The second-order valence-corrected chi connectivity index (χ2v) is 5.55. The maximum absolute atomic E-state index is 10.2. The van der Waals surface area contributed by atoms with Crippen molar-refractivity contribution in [2.45, 2.75) is 44.6 Å². The molecule has 0 aromatic heterocycles. The van der Waals surface area contributed by atoms with Gasteiger partial charge in [0.15, 0.2) is 0 Å². The Kier molecular flexibility index (Phi) is 3.85. The van der Waals surface area contributed by atoms with Gasteiger partial charge in [0.25, 0.3) is 0 Å². The Morgan fingerprint density at radius 3 is 2.53 bits per heavy atom. The van der Waals surface area contributed by atoms with Crippen molar-refractivity contribution in [3.63, 3.8) is 0 Å². The topological polar surface area (TPSA) is 32.3 Å². The highest BCUT2D eigenvalue weighted by molar-refractivity contribution is 5.25. The molecule has 0 aliphatic carbocycles. The first kappa shape index (κ1) is 12.6. The largest absolute Gasteiger partial charge is 0.389 e. The molecular formula is C15H23NO. The van der Waals surface area contributed by atoms with Crippen LogP contribution < -0.4 is 5.32 Å². The van der Waals surface area contributed by atoms with Gasteiger partial charge in [0.1, 0.15) is 0 Å². The number of nitrogens with one attached hydrogen (secondary N) is 1. The van der Waals surface area contributed by atoms with Gasteiger partial charge in [-0.1, -0.05) is 38.1 Å². The molecule has 0 amide bonds. The number of rotatable bonds is 4. The number of aryl methyl sites for hydroxylation is 1. The zero-order valence-electron chi connectivity index (χ0n) is 10.9. The van der Waals surface area contributed by atoms with E-state index in [2.05, 4.69) is 43.4 Å². The summed E-state index contributed by atoms with van der Waals surface area (Å²) < 4.78 is 0. The minimum absolute atomic E-state index is 0.475. The second kappa shape index (κ2) is 5.19. The molecule has 2 rings (SSSR count). The van der Waals surface area contributed by atoms with E-state index >= 15 is 0 Å². The fourth-order valence-corrected chi connectivity index (χ4v) is 2.39. The van der Waals surface area contributed by atoms with E-state index in [1.54, 1.807) is 0 Å². The lowest BCUT2D eigenvalue weighted by atomic mass is 9.93. The molecule has 1 atom stereocenters. The van der Waals surface area contributed by atoms with Crippen LogP contribution in [0.3, 0.4) is 0 Å². The van der Waals surface area contributed by atoms with Crippen LogP contribution in [0.4, 0.5) is 0 Å². The van der Waals surface area contributed by atoms with E-state index in [-0.39, 0.29) is 0 Å². The molecule has 1 fully saturated rings. The van der Waals surface area contributed by atoms with Crippen molar-refractivity contribution >= 4 is 0 Å². The highest BCUT2D eigenvalue weighted by Crippen LogP contribution is 2.22. The van der Waals surface area contributed by atoms with Gasteiger partial charge in [0.05, 0.1) is 5.60 Å². The molecular weight excluding hydrogens is 210 g/mol. The van der Waals surface area contributed by atoms with E-state index in [0.717, 1.165) is 32.4 Å². The fourth-order valence-electron chi connectivity index (χ4n) is 2.39. The zero-order chi connectivity index (χ0) is 12.3. The highest BCUT2D eigenvalue weighted by Gasteiger charge is 2.30. The van der Waals surface area contributed by atoms with Crippen LogP contribution in [0.25, 0.3) is 0 Å². The first-order valence-electron chi connectivity index (χ1n) is 6.61. The molecule has 17 heavy (non-hydrogen) atoms. The molecule has 2 nitrogen and oxygen atoms in total. The Labute approximate surface area is 104 Å². The SMILES string of the molecule is CC(C)c1ccc(CCC2(O)CCNC2)cc1. The molecule has 1 saturated heterocycles. The Hall–Kier alpha value is -0.860. The third-order valence-electron chi connectivity index (χ3n) is 3.75. The standard InChI is InChI=1S/C15H23NO/c1-12(2)14-5-3-13(4-6-14)7-8-15(17)9-10-16-11-15/h3-6,12,16-17H,7-11H2,1-2H3. The van der Waals surface area contributed by atoms with E-state index < -0.39 is 5.60 Å². The van der Waals surface area contributed by atoms with Crippen LogP contribution in [0.2, 0.25) is 0 Å². The maximum Gasteiger partial charge on any atom is 0.0786 e. The van der Waals surface area contributed by atoms with Gasteiger partial charge in [-0.25, -0.2) is 0 Å². The van der Waals surface area contributed by atoms with E-state index in [4.69, 9.17) is 0 Å². The predicted molar refractivity (Wildman–Crippen MR) is 71.3 cm³/mol. The number of benzene rings is 1. The van der Waals surface area contributed by atoms with Crippen LogP contribution >= 0.6 is 0 Å². The van der Waals surface area contributed by atoms with Crippen molar-refractivity contribution in [1.82, 2.24) is 5.32 Å². The number of β-amino-alcohol motifs (C(OH)–C–C–N with tert-alkyl or cyclic N) is 1. The van der Waals surface area contributed by atoms with Crippen LogP contribution in [0.5, 0.6) is 0 Å². The van der Waals surface area contributed by atoms with Gasteiger partial charge in [0.2, 0.25) is 0 Å². The zero-order valence-corrected chi connectivity index (χ0v) is 10.9. The Morgan fingerprint density at radius 2 is 2.00 bits per heavy atom. The van der Waals surface area contributed by atoms with Crippen molar-refractivity contribution in [3.8, 4) is 0 Å². The van der Waals surface area contributed by atoms with Crippen molar-refractivity contribution in [2.24, 2.45) is 0 Å². The summed E-state index contributed by atoms with van der Waals surface area (Å²) in [6.07, 6.45) is 2.72. The molecule has 1 aromatic carbocycles. The monoisotopic (exact) mass is 233 g/mol. The molecule has 0 bridgehead atoms. The minimum atomic E-state index is -0.475. The highest BCUT2D eigenvalue weighted by atomic mass is 16.3. The summed E-state index contributed by atoms with van der Waals surface area (Å²) in [5, 5.41) is 13.5. The van der Waals surface area contributed by atoms with Gasteiger partial charge in [0, 0.05) is 6.54 Å². The van der Waals surface area contributed by atoms with Crippen LogP contribution in [0.15, 0.2) is 24.3 Å². The molecule has 0 saturated carbocycles. The van der Waals surface area contributed by atoms with E-state index in [9.17, 15) is 5.11 Å². The van der Waals surface area contributed by atoms with Gasteiger partial charge >= 0.3 is 0 Å². The van der Waals surface area contributed by atoms with Gasteiger partial charge < -0.3 is 10.4 Å². The van der Waals surface area contributed by atoms with Gasteiger partial charge in [-0.05, 0) is 42.9 Å². The summed E-state index contributed by atoms with van der Waals surface area (Å²) in [7, 11) is 0. The smallest absolute Gasteiger partial charge is 0.0786 e. The third kappa shape index (κ3) is 3.30. The number of aliphatic hydroxyl groups is 1. The van der Waals surface area contributed by atoms with Crippen molar-refractivity contribution in [2.75, 3.05) is 13.1 Å². The van der Waals surface area contributed by atoms with Crippen LogP contribution in [-0.4, -0.2) is 23.8 Å². The van der Waals surface area contributed by atoms with Crippen molar-refractivity contribution in [3.05, 3.63) is 35.4 Å². The predicted octanol–water partition coefficient (Wildman–Crippen LogP) is 2.47. The Balaban J connectivity index is 1.90. The summed E-state index contributed by atoms with van der Waals surface area (Å²) in [5.74, 6) is 0.590. The third-order valence-corrected chi connectivity index (χ3v) is 3.75. The summed E-state index contributed by atoms with van der Waals surface area (Å²) in [6, 6.07) is 8.80. The molecule has 1 unspecified atom stereocenters. The molecule has 2 heteroatoms. The van der Waals surface area contributed by atoms with Crippen molar-refractivity contribution < 1.29 is 5.11 Å². The van der Waals surface area contributed by atoms with Crippen LogP contribution in [0.1, 0.15) is 43.7 Å². The lowest BCUT2D eigenvalue weighted by Crippen LogP contribution is -2.31. The molecule has 1 aliphatic rings. The van der Waals surface area contributed by atoms with Gasteiger partial charge in [-0.2, -0.15) is 0 Å². The van der Waals surface area contributed by atoms with E-state index in [1.807, 2.05) is 0 Å². The Morgan fingerprint density at radius 1 is 1.29 bits per heavy atom. The van der Waals surface area contributed by atoms with E-state index in [0.29, 0.717) is 5.92 Å². The summed E-state index contributed by atoms with van der Waals surface area (Å²) in [6.45, 7) is 6.11. The van der Waals surface area contributed by atoms with E-state index in [1.165, 1.54) is 11.1 Å². The second-order valence-electron chi connectivity index (χ2n) is 5.55. The van der Waals surface area contributed by atoms with Gasteiger partial charge in [-0.3, -0.25) is 0 Å². The van der Waals surface area contributed by atoms with Gasteiger partial charge in [-0.15, -0.1) is 0 Å². The summed E-state index contributed by atoms with van der Waals surface area (Å²) in [4.78, 5) is 0. The lowest BCUT2D eigenvalue weighted by molar-refractivity contribution is 0.0526. The molecule has 0 spiro atoms. The maximum atomic E-state index is 10.2. The first-order valence-corrected chi connectivity index (χ1v) is 6.61. The fraction of sp³-hybridized carbons (Fsp3) is 0.600. The average molecular weight is 233 g/mol. The molecule has 1 aliphatic heterocycles.